The second-order valence-electron chi connectivity index (χ2n) is 8.44. The van der Waals surface area contributed by atoms with Gasteiger partial charge in [0.2, 0.25) is 0 Å². The van der Waals surface area contributed by atoms with Gasteiger partial charge >= 0.3 is 0 Å². The van der Waals surface area contributed by atoms with Crippen LogP contribution in [0.15, 0.2) is 73.1 Å². The number of amides is 1. The maximum Gasteiger partial charge on any atom is 0.256 e. The van der Waals surface area contributed by atoms with Crippen molar-refractivity contribution in [3.05, 3.63) is 84.2 Å². The molecule has 0 radical (unpaired) electrons. The minimum absolute atomic E-state index is 0.204. The predicted octanol–water partition coefficient (Wildman–Crippen LogP) is 6.25. The van der Waals surface area contributed by atoms with Gasteiger partial charge < -0.3 is 14.7 Å². The molecule has 0 saturated carbocycles. The van der Waals surface area contributed by atoms with Crippen molar-refractivity contribution in [2.45, 2.75) is 58.7 Å². The van der Waals surface area contributed by atoms with Crippen molar-refractivity contribution in [1.29, 1.82) is 0 Å². The summed E-state index contributed by atoms with van der Waals surface area (Å²) in [4.78, 5) is 19.0. The first-order chi connectivity index (χ1) is 16.0. The molecule has 5 heteroatoms. The Balaban J connectivity index is 1.78. The number of nitrogens with zero attached hydrogens (tertiary/aromatic N) is 2. The topological polar surface area (TPSA) is 62.7 Å². The van der Waals surface area contributed by atoms with Gasteiger partial charge in [-0.05, 0) is 61.7 Å². The summed E-state index contributed by atoms with van der Waals surface area (Å²) in [6.07, 6.45) is 6.82. The number of aliphatic hydroxyl groups is 1. The zero-order chi connectivity index (χ0) is 23.6. The van der Waals surface area contributed by atoms with Crippen LogP contribution in [0.4, 0.5) is 0 Å². The largest absolute Gasteiger partial charge is 0.493 e. The number of aromatic nitrogens is 1. The van der Waals surface area contributed by atoms with E-state index in [9.17, 15) is 9.90 Å². The number of aliphatic hydroxyl groups excluding tert-OH is 1. The van der Waals surface area contributed by atoms with Crippen LogP contribution in [0.1, 0.15) is 68.6 Å². The van der Waals surface area contributed by atoms with Gasteiger partial charge in [0.1, 0.15) is 5.75 Å². The molecule has 0 saturated heterocycles. The highest BCUT2D eigenvalue weighted by atomic mass is 16.5. The van der Waals surface area contributed by atoms with Gasteiger partial charge in [0.15, 0.2) is 6.23 Å². The maximum atomic E-state index is 13.4. The number of benzene rings is 2. The van der Waals surface area contributed by atoms with Crippen molar-refractivity contribution >= 4 is 5.91 Å². The Morgan fingerprint density at radius 3 is 2.27 bits per heavy atom. The number of carbonyl (C=O) groups excluding carboxylic acids is 1. The molecular formula is C28H34N2O3. The third-order valence-electron chi connectivity index (χ3n) is 5.65. The van der Waals surface area contributed by atoms with Crippen LogP contribution < -0.4 is 4.74 Å². The smallest absolute Gasteiger partial charge is 0.256 e. The molecule has 0 aliphatic carbocycles. The van der Waals surface area contributed by atoms with Crippen LogP contribution in [0.3, 0.4) is 0 Å². The van der Waals surface area contributed by atoms with Gasteiger partial charge in [0.05, 0.1) is 6.61 Å². The van der Waals surface area contributed by atoms with E-state index in [-0.39, 0.29) is 11.9 Å². The van der Waals surface area contributed by atoms with E-state index in [1.165, 1.54) is 17.7 Å². The second-order valence-corrected chi connectivity index (χ2v) is 8.44. The summed E-state index contributed by atoms with van der Waals surface area (Å²) in [5.41, 5.74) is 3.17. The first-order valence-corrected chi connectivity index (χ1v) is 11.8. The van der Waals surface area contributed by atoms with Crippen molar-refractivity contribution in [1.82, 2.24) is 9.88 Å². The third kappa shape index (κ3) is 6.42. The predicted molar refractivity (Wildman–Crippen MR) is 132 cm³/mol. The molecule has 33 heavy (non-hydrogen) atoms. The number of rotatable bonds is 11. The molecule has 3 aromatic rings. The highest BCUT2D eigenvalue weighted by molar-refractivity contribution is 5.95. The highest BCUT2D eigenvalue weighted by Crippen LogP contribution is 2.31. The first kappa shape index (κ1) is 24.5. The lowest BCUT2D eigenvalue weighted by Crippen LogP contribution is -2.40. The fraction of sp³-hybridized carbons (Fsp3) is 0.357. The van der Waals surface area contributed by atoms with Gasteiger partial charge in [-0.2, -0.15) is 0 Å². The molecule has 0 fully saturated rings. The normalized spacial score (nSPS) is 11.9. The lowest BCUT2D eigenvalue weighted by atomic mass is 10.0. The Labute approximate surface area is 197 Å². The van der Waals surface area contributed by atoms with Crippen molar-refractivity contribution in [2.75, 3.05) is 6.61 Å². The van der Waals surface area contributed by atoms with Gasteiger partial charge in [0, 0.05) is 29.6 Å². The number of pyridine rings is 1. The zero-order valence-electron chi connectivity index (χ0n) is 19.8. The van der Waals surface area contributed by atoms with E-state index in [2.05, 4.69) is 11.9 Å². The monoisotopic (exact) mass is 446 g/mol. The first-order valence-electron chi connectivity index (χ1n) is 11.8. The summed E-state index contributed by atoms with van der Waals surface area (Å²) in [5, 5.41) is 11.3. The van der Waals surface area contributed by atoms with Crippen LogP contribution in [0, 0.1) is 0 Å². The van der Waals surface area contributed by atoms with E-state index in [1.54, 1.807) is 24.5 Å². The molecule has 1 N–H and O–H groups in total. The molecule has 0 bridgehead atoms. The lowest BCUT2D eigenvalue weighted by Gasteiger charge is -2.32. The van der Waals surface area contributed by atoms with Gasteiger partial charge in [0.25, 0.3) is 5.91 Å². The van der Waals surface area contributed by atoms with Crippen molar-refractivity contribution in [3.63, 3.8) is 0 Å². The molecule has 1 amide bonds. The van der Waals surface area contributed by atoms with Gasteiger partial charge in [-0.3, -0.25) is 9.78 Å². The van der Waals surface area contributed by atoms with Crippen LogP contribution in [0.25, 0.3) is 11.1 Å². The minimum Gasteiger partial charge on any atom is -0.493 e. The molecule has 1 atom stereocenters. The minimum atomic E-state index is -1.11. The fourth-order valence-electron chi connectivity index (χ4n) is 3.81. The van der Waals surface area contributed by atoms with Crippen LogP contribution in [0.2, 0.25) is 0 Å². The van der Waals surface area contributed by atoms with Gasteiger partial charge in [-0.1, -0.05) is 56.5 Å². The number of unbranched alkanes of at least 4 members (excludes halogenated alkanes) is 3. The molecular weight excluding hydrogens is 412 g/mol. The number of carbonyl (C=O) groups is 1. The number of ether oxygens (including phenoxy) is 1. The molecule has 3 rings (SSSR count). The molecule has 2 aromatic carbocycles. The summed E-state index contributed by atoms with van der Waals surface area (Å²) in [6.45, 7) is 6.58. The summed E-state index contributed by atoms with van der Waals surface area (Å²) in [6, 6.07) is 18.5. The van der Waals surface area contributed by atoms with Crippen LogP contribution in [-0.4, -0.2) is 33.5 Å². The van der Waals surface area contributed by atoms with Crippen molar-refractivity contribution in [3.8, 4) is 16.9 Å². The summed E-state index contributed by atoms with van der Waals surface area (Å²) in [5.74, 6) is 0.393. The number of hydrogen-bond donors (Lipinski definition) is 1. The van der Waals surface area contributed by atoms with Crippen LogP contribution >= 0.6 is 0 Å². The molecule has 0 aliphatic rings. The van der Waals surface area contributed by atoms with E-state index in [1.807, 2.05) is 62.4 Å². The second kappa shape index (κ2) is 12.2. The van der Waals surface area contributed by atoms with E-state index < -0.39 is 6.23 Å². The maximum absolute atomic E-state index is 13.4. The van der Waals surface area contributed by atoms with Crippen LogP contribution in [0.5, 0.6) is 5.75 Å². The fourth-order valence-corrected chi connectivity index (χ4v) is 3.81. The Bertz CT molecular complexity index is 1000. The summed E-state index contributed by atoms with van der Waals surface area (Å²) >= 11 is 0. The molecule has 0 aliphatic heterocycles. The van der Waals surface area contributed by atoms with Crippen molar-refractivity contribution < 1.29 is 14.6 Å². The van der Waals surface area contributed by atoms with E-state index >= 15 is 0 Å². The Kier molecular flexibility index (Phi) is 9.02. The van der Waals surface area contributed by atoms with Crippen molar-refractivity contribution in [2.24, 2.45) is 0 Å². The highest BCUT2D eigenvalue weighted by Gasteiger charge is 2.28. The van der Waals surface area contributed by atoms with Crippen LogP contribution in [-0.2, 0) is 0 Å². The molecule has 1 unspecified atom stereocenters. The van der Waals surface area contributed by atoms with Gasteiger partial charge in [-0.15, -0.1) is 0 Å². The lowest BCUT2D eigenvalue weighted by molar-refractivity contribution is -0.00891. The summed E-state index contributed by atoms with van der Waals surface area (Å²) < 4.78 is 5.98. The van der Waals surface area contributed by atoms with E-state index in [4.69, 9.17) is 4.74 Å². The average molecular weight is 447 g/mol. The Morgan fingerprint density at radius 2 is 1.61 bits per heavy atom. The molecule has 5 nitrogen and oxygen atoms in total. The number of hydrogen-bond acceptors (Lipinski definition) is 4. The number of para-hydroxylation sites is 1. The average Bonchev–Trinajstić information content (AvgIpc) is 2.84. The quantitative estimate of drug-likeness (QED) is 0.279. The molecule has 1 aromatic heterocycles. The van der Waals surface area contributed by atoms with E-state index in [0.717, 1.165) is 24.0 Å². The SMILES string of the molecule is CCCCCCOc1ccccc1C(O)N(C(=O)c1ccc(-c2ccncc2)cc1)C(C)C. The zero-order valence-corrected chi connectivity index (χ0v) is 19.8. The molecule has 174 valence electrons. The Hall–Kier alpha value is -3.18. The Morgan fingerprint density at radius 1 is 0.939 bits per heavy atom. The summed E-state index contributed by atoms with van der Waals surface area (Å²) in [7, 11) is 0. The standard InChI is InChI=1S/C28H34N2O3/c1-4-5-6-9-20-33-26-11-8-7-10-25(26)28(32)30(21(2)3)27(31)24-14-12-22(13-15-24)23-16-18-29-19-17-23/h7-8,10-19,21,28,32H,4-6,9,20H2,1-3H3. The molecule has 0 spiro atoms. The third-order valence-corrected chi connectivity index (χ3v) is 5.65. The molecule has 1 heterocycles. The van der Waals surface area contributed by atoms with Gasteiger partial charge in [-0.25, -0.2) is 0 Å². The van der Waals surface area contributed by atoms with E-state index in [0.29, 0.717) is 23.5 Å².